The van der Waals surface area contributed by atoms with Gasteiger partial charge in [-0.1, -0.05) is 12.1 Å². The normalized spacial score (nSPS) is 11.6. The van der Waals surface area contributed by atoms with Crippen molar-refractivity contribution in [2.24, 2.45) is 0 Å². The topological polar surface area (TPSA) is 33.1 Å². The zero-order chi connectivity index (χ0) is 13.0. The molecule has 0 aliphatic rings. The van der Waals surface area contributed by atoms with Gasteiger partial charge >= 0.3 is 0 Å². The quantitative estimate of drug-likeness (QED) is 0.842. The summed E-state index contributed by atoms with van der Waals surface area (Å²) in [6.07, 6.45) is 0. The third-order valence-corrected chi connectivity index (χ3v) is 3.20. The fourth-order valence-corrected chi connectivity index (χ4v) is 2.22. The Morgan fingerprint density at radius 3 is 2.83 bits per heavy atom. The van der Waals surface area contributed by atoms with Crippen LogP contribution in [-0.4, -0.2) is 41.6 Å². The van der Waals surface area contributed by atoms with E-state index in [0.29, 0.717) is 0 Å². The van der Waals surface area contributed by atoms with Crippen molar-refractivity contribution >= 4 is 11.0 Å². The maximum atomic E-state index is 4.73. The number of rotatable bonds is 6. The monoisotopic (exact) mass is 246 g/mol. The van der Waals surface area contributed by atoms with Crippen molar-refractivity contribution in [2.45, 2.75) is 20.0 Å². The minimum Gasteiger partial charge on any atom is -0.327 e. The molecule has 1 heterocycles. The molecule has 0 unspecified atom stereocenters. The number of benzene rings is 1. The Hall–Kier alpha value is -1.39. The van der Waals surface area contributed by atoms with Crippen LogP contribution in [0.4, 0.5) is 0 Å². The fourth-order valence-electron chi connectivity index (χ4n) is 2.22. The van der Waals surface area contributed by atoms with E-state index >= 15 is 0 Å². The highest BCUT2D eigenvalue weighted by molar-refractivity contribution is 5.75. The summed E-state index contributed by atoms with van der Waals surface area (Å²) in [5.41, 5.74) is 2.33. The minimum atomic E-state index is 0.893. The number of nitrogens with zero attached hydrogens (tertiary/aromatic N) is 3. The first-order valence-corrected chi connectivity index (χ1v) is 6.53. The molecule has 4 nitrogen and oxygen atoms in total. The van der Waals surface area contributed by atoms with Gasteiger partial charge in [-0.25, -0.2) is 4.98 Å². The second kappa shape index (κ2) is 5.98. The van der Waals surface area contributed by atoms with Crippen LogP contribution < -0.4 is 5.32 Å². The number of nitrogens with one attached hydrogen (secondary N) is 1. The summed E-state index contributed by atoms with van der Waals surface area (Å²) in [5.74, 6) is 1.15. The predicted octanol–water partition coefficient (Wildman–Crippen LogP) is 1.71. The molecular weight excluding hydrogens is 224 g/mol. The highest BCUT2D eigenvalue weighted by Gasteiger charge is 2.10. The van der Waals surface area contributed by atoms with Crippen LogP contribution in [0.3, 0.4) is 0 Å². The molecule has 18 heavy (non-hydrogen) atoms. The average Bonchev–Trinajstić information content (AvgIpc) is 2.73. The van der Waals surface area contributed by atoms with E-state index in [1.165, 1.54) is 5.52 Å². The van der Waals surface area contributed by atoms with Gasteiger partial charge in [-0.3, -0.25) is 4.90 Å². The highest BCUT2D eigenvalue weighted by Crippen LogP contribution is 2.16. The first kappa shape index (κ1) is 13.1. The van der Waals surface area contributed by atoms with E-state index < -0.39 is 0 Å². The zero-order valence-corrected chi connectivity index (χ0v) is 11.5. The Balaban J connectivity index is 2.21. The summed E-state index contributed by atoms with van der Waals surface area (Å²) in [5, 5.41) is 3.17. The second-order valence-electron chi connectivity index (χ2n) is 4.60. The van der Waals surface area contributed by atoms with Gasteiger partial charge < -0.3 is 9.88 Å². The molecule has 0 saturated heterocycles. The van der Waals surface area contributed by atoms with E-state index in [9.17, 15) is 0 Å². The van der Waals surface area contributed by atoms with Gasteiger partial charge in [0.25, 0.3) is 0 Å². The van der Waals surface area contributed by atoms with Gasteiger partial charge in [0, 0.05) is 19.6 Å². The maximum absolute atomic E-state index is 4.73. The number of fused-ring (bicyclic) bond motifs is 1. The first-order chi connectivity index (χ1) is 8.76. The van der Waals surface area contributed by atoms with Crippen molar-refractivity contribution in [3.8, 4) is 0 Å². The summed E-state index contributed by atoms with van der Waals surface area (Å²) in [7, 11) is 4.12. The summed E-state index contributed by atoms with van der Waals surface area (Å²) in [4.78, 5) is 7.03. The first-order valence-electron chi connectivity index (χ1n) is 6.53. The van der Waals surface area contributed by atoms with Crippen LogP contribution in [0.15, 0.2) is 24.3 Å². The molecule has 0 bridgehead atoms. The van der Waals surface area contributed by atoms with Gasteiger partial charge in [-0.05, 0) is 33.2 Å². The lowest BCUT2D eigenvalue weighted by Crippen LogP contribution is -2.28. The molecule has 0 amide bonds. The van der Waals surface area contributed by atoms with Gasteiger partial charge in [0.1, 0.15) is 5.82 Å². The molecule has 1 N–H and O–H groups in total. The smallest absolute Gasteiger partial charge is 0.124 e. The number of hydrogen-bond donors (Lipinski definition) is 1. The van der Waals surface area contributed by atoms with E-state index in [1.807, 2.05) is 13.1 Å². The molecule has 0 aliphatic heterocycles. The van der Waals surface area contributed by atoms with Crippen LogP contribution in [0.1, 0.15) is 12.7 Å². The van der Waals surface area contributed by atoms with E-state index in [2.05, 4.69) is 47.0 Å². The van der Waals surface area contributed by atoms with E-state index in [0.717, 1.165) is 37.5 Å². The van der Waals surface area contributed by atoms with E-state index in [1.54, 1.807) is 0 Å². The molecule has 0 fully saturated rings. The van der Waals surface area contributed by atoms with Crippen LogP contribution >= 0.6 is 0 Å². The Morgan fingerprint density at radius 2 is 2.11 bits per heavy atom. The van der Waals surface area contributed by atoms with Crippen LogP contribution in [0, 0.1) is 0 Å². The second-order valence-corrected chi connectivity index (χ2v) is 4.60. The van der Waals surface area contributed by atoms with Crippen molar-refractivity contribution in [3.05, 3.63) is 30.1 Å². The molecule has 4 heteroatoms. The summed E-state index contributed by atoms with van der Waals surface area (Å²) >= 11 is 0. The highest BCUT2D eigenvalue weighted by atomic mass is 15.2. The molecule has 2 aromatic rings. The van der Waals surface area contributed by atoms with Crippen molar-refractivity contribution in [2.75, 3.05) is 27.2 Å². The lowest BCUT2D eigenvalue weighted by Gasteiger charge is -2.16. The Morgan fingerprint density at radius 1 is 1.33 bits per heavy atom. The summed E-state index contributed by atoms with van der Waals surface area (Å²) < 4.78 is 2.30. The van der Waals surface area contributed by atoms with Crippen molar-refractivity contribution < 1.29 is 0 Å². The van der Waals surface area contributed by atoms with E-state index in [4.69, 9.17) is 4.98 Å². The molecule has 2 rings (SSSR count). The Bertz CT molecular complexity index is 503. The number of aryl methyl sites for hydroxylation is 1. The fraction of sp³-hybridized carbons (Fsp3) is 0.500. The molecular formula is C14H22N4. The summed E-state index contributed by atoms with van der Waals surface area (Å²) in [6, 6.07) is 8.34. The SMILES string of the molecule is CCn1c(CN(C)CCNC)nc2ccccc21. The molecule has 1 aromatic heterocycles. The Labute approximate surface area is 109 Å². The average molecular weight is 246 g/mol. The van der Waals surface area contributed by atoms with E-state index in [-0.39, 0.29) is 0 Å². The van der Waals surface area contributed by atoms with Gasteiger partial charge in [0.05, 0.1) is 17.6 Å². The number of likely N-dealkylation sites (N-methyl/N-ethyl adjacent to an activating group) is 2. The maximum Gasteiger partial charge on any atom is 0.124 e. The summed E-state index contributed by atoms with van der Waals surface area (Å²) in [6.45, 7) is 6.07. The number of imidazole rings is 1. The molecule has 0 aliphatic carbocycles. The van der Waals surface area contributed by atoms with Crippen LogP contribution in [-0.2, 0) is 13.1 Å². The molecule has 98 valence electrons. The molecule has 0 radical (unpaired) electrons. The molecule has 0 atom stereocenters. The third-order valence-electron chi connectivity index (χ3n) is 3.20. The lowest BCUT2D eigenvalue weighted by atomic mass is 10.3. The molecule has 0 spiro atoms. The lowest BCUT2D eigenvalue weighted by molar-refractivity contribution is 0.315. The third kappa shape index (κ3) is 2.71. The van der Waals surface area contributed by atoms with Gasteiger partial charge in [-0.2, -0.15) is 0 Å². The Kier molecular flexibility index (Phi) is 4.33. The van der Waals surface area contributed by atoms with Gasteiger partial charge in [0.15, 0.2) is 0 Å². The van der Waals surface area contributed by atoms with Crippen molar-refractivity contribution in [1.29, 1.82) is 0 Å². The molecule has 0 saturated carbocycles. The van der Waals surface area contributed by atoms with Gasteiger partial charge in [0.2, 0.25) is 0 Å². The largest absolute Gasteiger partial charge is 0.327 e. The van der Waals surface area contributed by atoms with Crippen molar-refractivity contribution in [3.63, 3.8) is 0 Å². The minimum absolute atomic E-state index is 0.893. The molecule has 1 aromatic carbocycles. The van der Waals surface area contributed by atoms with Crippen molar-refractivity contribution in [1.82, 2.24) is 19.8 Å². The number of aromatic nitrogens is 2. The number of para-hydroxylation sites is 2. The standard InChI is InChI=1S/C14H22N4/c1-4-18-13-8-6-5-7-12(13)16-14(18)11-17(3)10-9-15-2/h5-8,15H,4,9-11H2,1-3H3. The number of hydrogen-bond acceptors (Lipinski definition) is 3. The predicted molar refractivity (Wildman–Crippen MR) is 75.7 cm³/mol. The van der Waals surface area contributed by atoms with Crippen LogP contribution in [0.25, 0.3) is 11.0 Å². The zero-order valence-electron chi connectivity index (χ0n) is 11.5. The van der Waals surface area contributed by atoms with Crippen LogP contribution in [0.2, 0.25) is 0 Å². The van der Waals surface area contributed by atoms with Gasteiger partial charge in [-0.15, -0.1) is 0 Å². The van der Waals surface area contributed by atoms with Crippen LogP contribution in [0.5, 0.6) is 0 Å².